The first kappa shape index (κ1) is 13.8. The molecule has 0 fully saturated rings. The summed E-state index contributed by atoms with van der Waals surface area (Å²) in [7, 11) is 0. The largest absolute Gasteiger partial charge is 0.478 e. The number of benzene rings is 1. The van der Waals surface area contributed by atoms with Gasteiger partial charge in [-0.05, 0) is 19.1 Å². The molecular weight excluding hydrogens is 232 g/mol. The van der Waals surface area contributed by atoms with Crippen molar-refractivity contribution in [1.82, 2.24) is 4.90 Å². The van der Waals surface area contributed by atoms with E-state index in [9.17, 15) is 9.59 Å². The molecule has 0 aromatic heterocycles. The third-order valence-electron chi connectivity index (χ3n) is 2.42. The van der Waals surface area contributed by atoms with Crippen molar-refractivity contribution in [2.75, 3.05) is 18.4 Å². The molecule has 5 nitrogen and oxygen atoms in total. The molecule has 0 heterocycles. The Morgan fingerprint density at radius 1 is 1.44 bits per heavy atom. The minimum absolute atomic E-state index is 0.0699. The van der Waals surface area contributed by atoms with Crippen molar-refractivity contribution >= 4 is 17.7 Å². The molecule has 0 unspecified atom stereocenters. The second-order valence-corrected chi connectivity index (χ2v) is 3.61. The van der Waals surface area contributed by atoms with Crippen LogP contribution in [-0.4, -0.2) is 35.1 Å². The third-order valence-corrected chi connectivity index (χ3v) is 2.42. The highest BCUT2D eigenvalue weighted by Crippen LogP contribution is 2.15. The van der Waals surface area contributed by atoms with Crippen LogP contribution in [-0.2, 0) is 0 Å². The molecule has 0 saturated heterocycles. The van der Waals surface area contributed by atoms with Crippen molar-refractivity contribution in [2.24, 2.45) is 0 Å². The molecule has 18 heavy (non-hydrogen) atoms. The van der Waals surface area contributed by atoms with E-state index in [-0.39, 0.29) is 17.3 Å². The first-order valence-corrected chi connectivity index (χ1v) is 5.59. The summed E-state index contributed by atoms with van der Waals surface area (Å²) < 4.78 is 0. The fourth-order valence-corrected chi connectivity index (χ4v) is 1.48. The summed E-state index contributed by atoms with van der Waals surface area (Å²) >= 11 is 0. The summed E-state index contributed by atoms with van der Waals surface area (Å²) in [6.07, 6.45) is 1.62. The summed E-state index contributed by atoms with van der Waals surface area (Å²) in [5, 5.41) is 11.6. The normalized spacial score (nSPS) is 9.61. The third kappa shape index (κ3) is 3.35. The van der Waals surface area contributed by atoms with Crippen molar-refractivity contribution in [3.05, 3.63) is 42.5 Å². The zero-order valence-corrected chi connectivity index (χ0v) is 10.2. The number of hydrogen-bond acceptors (Lipinski definition) is 2. The summed E-state index contributed by atoms with van der Waals surface area (Å²) in [5.41, 5.74) is 0.359. The van der Waals surface area contributed by atoms with Gasteiger partial charge in [-0.3, -0.25) is 0 Å². The van der Waals surface area contributed by atoms with Gasteiger partial charge in [0.2, 0.25) is 0 Å². The summed E-state index contributed by atoms with van der Waals surface area (Å²) in [5.74, 6) is -1.07. The van der Waals surface area contributed by atoms with E-state index in [0.29, 0.717) is 13.1 Å². The number of nitrogens with zero attached hydrogens (tertiary/aromatic N) is 1. The highest BCUT2D eigenvalue weighted by atomic mass is 16.4. The number of rotatable bonds is 5. The average molecular weight is 248 g/mol. The van der Waals surface area contributed by atoms with Crippen molar-refractivity contribution in [2.45, 2.75) is 6.92 Å². The van der Waals surface area contributed by atoms with Crippen LogP contribution >= 0.6 is 0 Å². The van der Waals surface area contributed by atoms with Gasteiger partial charge in [-0.1, -0.05) is 18.2 Å². The minimum Gasteiger partial charge on any atom is -0.478 e. The number of nitrogens with one attached hydrogen (secondary N) is 1. The first-order valence-electron chi connectivity index (χ1n) is 5.59. The topological polar surface area (TPSA) is 69.6 Å². The number of urea groups is 1. The lowest BCUT2D eigenvalue weighted by atomic mass is 10.2. The Hall–Kier alpha value is -2.30. The molecule has 0 radical (unpaired) electrons. The standard InChI is InChI=1S/C13H16N2O3/c1-3-9-15(4-2)13(18)14-11-8-6-5-7-10(11)12(16)17/h3,5-8H,1,4,9H2,2H3,(H,14,18)(H,16,17). The Kier molecular flexibility index (Phi) is 4.92. The number of anilines is 1. The van der Waals surface area contributed by atoms with Gasteiger partial charge in [-0.2, -0.15) is 0 Å². The molecule has 1 rings (SSSR count). The number of likely N-dealkylation sites (N-methyl/N-ethyl adjacent to an activating group) is 1. The Morgan fingerprint density at radius 3 is 2.67 bits per heavy atom. The second-order valence-electron chi connectivity index (χ2n) is 3.61. The molecule has 96 valence electrons. The number of aromatic carboxylic acids is 1. The van der Waals surface area contributed by atoms with Gasteiger partial charge < -0.3 is 15.3 Å². The number of hydrogen-bond donors (Lipinski definition) is 2. The summed E-state index contributed by atoms with van der Waals surface area (Å²) in [6, 6.07) is 5.95. The molecule has 5 heteroatoms. The maximum atomic E-state index is 11.9. The Morgan fingerprint density at radius 2 is 2.11 bits per heavy atom. The SMILES string of the molecule is C=CCN(CC)C(=O)Nc1ccccc1C(=O)O. The molecule has 2 N–H and O–H groups in total. The van der Waals surface area contributed by atoms with Gasteiger partial charge in [-0.25, -0.2) is 9.59 Å². The van der Waals surface area contributed by atoms with Crippen LogP contribution < -0.4 is 5.32 Å². The molecule has 1 aromatic carbocycles. The van der Waals surface area contributed by atoms with Crippen LogP contribution in [0.3, 0.4) is 0 Å². The van der Waals surface area contributed by atoms with Crippen LogP contribution in [0, 0.1) is 0 Å². The zero-order valence-electron chi connectivity index (χ0n) is 10.2. The lowest BCUT2D eigenvalue weighted by Gasteiger charge is -2.20. The van der Waals surface area contributed by atoms with E-state index in [2.05, 4.69) is 11.9 Å². The van der Waals surface area contributed by atoms with Gasteiger partial charge in [0.05, 0.1) is 11.3 Å². The number of carbonyl (C=O) groups excluding carboxylic acids is 1. The van der Waals surface area contributed by atoms with E-state index in [4.69, 9.17) is 5.11 Å². The van der Waals surface area contributed by atoms with Crippen molar-refractivity contribution < 1.29 is 14.7 Å². The highest BCUT2D eigenvalue weighted by molar-refractivity contribution is 5.99. The summed E-state index contributed by atoms with van der Waals surface area (Å²) in [4.78, 5) is 24.4. The quantitative estimate of drug-likeness (QED) is 0.786. The maximum Gasteiger partial charge on any atom is 0.337 e. The van der Waals surface area contributed by atoms with Crippen LogP contribution in [0.25, 0.3) is 0 Å². The molecule has 0 saturated carbocycles. The number of carboxylic acids is 1. The molecule has 0 aliphatic heterocycles. The average Bonchev–Trinajstić information content (AvgIpc) is 2.36. The first-order chi connectivity index (χ1) is 8.60. The predicted octanol–water partition coefficient (Wildman–Crippen LogP) is 2.42. The van der Waals surface area contributed by atoms with Crippen LogP contribution in [0.5, 0.6) is 0 Å². The highest BCUT2D eigenvalue weighted by Gasteiger charge is 2.14. The monoisotopic (exact) mass is 248 g/mol. The Labute approximate surface area is 106 Å². The molecule has 0 aliphatic rings. The van der Waals surface area contributed by atoms with E-state index in [1.807, 2.05) is 6.92 Å². The molecule has 2 amide bonds. The molecule has 0 spiro atoms. The molecule has 0 aliphatic carbocycles. The van der Waals surface area contributed by atoms with Crippen molar-refractivity contribution in [3.63, 3.8) is 0 Å². The maximum absolute atomic E-state index is 11.9. The molecule has 0 bridgehead atoms. The van der Waals surface area contributed by atoms with Crippen LogP contribution in [0.15, 0.2) is 36.9 Å². The predicted molar refractivity (Wildman–Crippen MR) is 69.9 cm³/mol. The van der Waals surface area contributed by atoms with E-state index in [1.54, 1.807) is 24.3 Å². The fraction of sp³-hybridized carbons (Fsp3) is 0.231. The van der Waals surface area contributed by atoms with Gasteiger partial charge in [0.25, 0.3) is 0 Å². The van der Waals surface area contributed by atoms with E-state index in [1.165, 1.54) is 11.0 Å². The number of para-hydroxylation sites is 1. The van der Waals surface area contributed by atoms with Crippen molar-refractivity contribution in [3.8, 4) is 0 Å². The molecule has 1 aromatic rings. The number of amides is 2. The second kappa shape index (κ2) is 6.44. The van der Waals surface area contributed by atoms with Crippen LogP contribution in [0.1, 0.15) is 17.3 Å². The molecular formula is C13H16N2O3. The van der Waals surface area contributed by atoms with E-state index < -0.39 is 5.97 Å². The Balaban J connectivity index is 2.87. The lowest BCUT2D eigenvalue weighted by molar-refractivity contribution is 0.0698. The minimum atomic E-state index is -1.07. The lowest BCUT2D eigenvalue weighted by Crippen LogP contribution is -2.35. The van der Waals surface area contributed by atoms with E-state index >= 15 is 0 Å². The smallest absolute Gasteiger partial charge is 0.337 e. The van der Waals surface area contributed by atoms with Gasteiger partial charge in [-0.15, -0.1) is 6.58 Å². The van der Waals surface area contributed by atoms with Gasteiger partial charge in [0, 0.05) is 13.1 Å². The van der Waals surface area contributed by atoms with E-state index in [0.717, 1.165) is 0 Å². The van der Waals surface area contributed by atoms with Crippen LogP contribution in [0.4, 0.5) is 10.5 Å². The zero-order chi connectivity index (χ0) is 13.5. The van der Waals surface area contributed by atoms with Crippen molar-refractivity contribution in [1.29, 1.82) is 0 Å². The summed E-state index contributed by atoms with van der Waals surface area (Å²) in [6.45, 7) is 6.34. The van der Waals surface area contributed by atoms with Crippen LogP contribution in [0.2, 0.25) is 0 Å². The molecule has 0 atom stereocenters. The van der Waals surface area contributed by atoms with Gasteiger partial charge >= 0.3 is 12.0 Å². The van der Waals surface area contributed by atoms with Gasteiger partial charge in [0.1, 0.15) is 0 Å². The van der Waals surface area contributed by atoms with Gasteiger partial charge in [0.15, 0.2) is 0 Å². The number of carbonyl (C=O) groups is 2. The fourth-order valence-electron chi connectivity index (χ4n) is 1.48. The Bertz CT molecular complexity index is 457. The number of carboxylic acid groups (broad SMARTS) is 1.